The SMILES string of the molecule is Cn1nccc1C(=O)Nc1cc(Cl)ccc1C(N)=NO. The molecule has 2 rings (SSSR count). The second kappa shape index (κ2) is 5.62. The van der Waals surface area contributed by atoms with Crippen LogP contribution in [0.4, 0.5) is 5.69 Å². The third-order valence-electron chi connectivity index (χ3n) is 2.67. The molecule has 1 aromatic carbocycles. The highest BCUT2D eigenvalue weighted by molar-refractivity contribution is 6.31. The van der Waals surface area contributed by atoms with Crippen LogP contribution < -0.4 is 11.1 Å². The van der Waals surface area contributed by atoms with Crippen molar-refractivity contribution in [1.82, 2.24) is 9.78 Å². The van der Waals surface area contributed by atoms with Gasteiger partial charge < -0.3 is 16.3 Å². The summed E-state index contributed by atoms with van der Waals surface area (Å²) in [5, 5.41) is 18.6. The Morgan fingerprint density at radius 3 is 2.85 bits per heavy atom. The molecule has 0 bridgehead atoms. The predicted octanol–water partition coefficient (Wildman–Crippen LogP) is 1.42. The van der Waals surface area contributed by atoms with Gasteiger partial charge >= 0.3 is 0 Å². The van der Waals surface area contributed by atoms with Crippen molar-refractivity contribution in [3.63, 3.8) is 0 Å². The lowest BCUT2D eigenvalue weighted by Crippen LogP contribution is -2.20. The van der Waals surface area contributed by atoms with Crippen LogP contribution in [-0.4, -0.2) is 26.7 Å². The number of aryl methyl sites for hydroxylation is 1. The molecule has 1 heterocycles. The van der Waals surface area contributed by atoms with E-state index >= 15 is 0 Å². The van der Waals surface area contributed by atoms with Gasteiger partial charge in [0.1, 0.15) is 5.69 Å². The summed E-state index contributed by atoms with van der Waals surface area (Å²) in [6.07, 6.45) is 1.51. The van der Waals surface area contributed by atoms with Gasteiger partial charge in [-0.3, -0.25) is 9.48 Å². The van der Waals surface area contributed by atoms with Crippen LogP contribution in [-0.2, 0) is 7.05 Å². The molecule has 1 aromatic heterocycles. The number of oxime groups is 1. The van der Waals surface area contributed by atoms with Crippen molar-refractivity contribution >= 4 is 29.0 Å². The molecule has 0 aliphatic carbocycles. The number of hydrogen-bond acceptors (Lipinski definition) is 4. The average Bonchev–Trinajstić information content (AvgIpc) is 2.84. The average molecular weight is 294 g/mol. The molecule has 8 heteroatoms. The van der Waals surface area contributed by atoms with E-state index < -0.39 is 0 Å². The normalized spacial score (nSPS) is 11.4. The van der Waals surface area contributed by atoms with E-state index in [4.69, 9.17) is 22.5 Å². The standard InChI is InChI=1S/C12H12ClN5O2/c1-18-10(4-5-15-18)12(19)16-9-6-7(13)2-3-8(9)11(14)17-20/h2-6,20H,1H3,(H2,14,17)(H,16,19). The topological polar surface area (TPSA) is 106 Å². The summed E-state index contributed by atoms with van der Waals surface area (Å²) in [5.41, 5.74) is 6.64. The number of carbonyl (C=O) groups excluding carboxylic acids is 1. The molecule has 4 N–H and O–H groups in total. The first kappa shape index (κ1) is 13.9. The smallest absolute Gasteiger partial charge is 0.273 e. The van der Waals surface area contributed by atoms with Crippen LogP contribution >= 0.6 is 11.6 Å². The van der Waals surface area contributed by atoms with Crippen molar-refractivity contribution in [1.29, 1.82) is 0 Å². The summed E-state index contributed by atoms with van der Waals surface area (Å²) in [4.78, 5) is 12.1. The quantitative estimate of drug-likeness (QED) is 0.344. The van der Waals surface area contributed by atoms with Crippen molar-refractivity contribution in [2.75, 3.05) is 5.32 Å². The second-order valence-electron chi connectivity index (χ2n) is 3.97. The van der Waals surface area contributed by atoms with Crippen LogP contribution in [0.15, 0.2) is 35.6 Å². The molecule has 104 valence electrons. The lowest BCUT2D eigenvalue weighted by atomic mass is 10.1. The molecule has 0 saturated heterocycles. The van der Waals surface area contributed by atoms with Crippen LogP contribution in [0.3, 0.4) is 0 Å². The molecule has 7 nitrogen and oxygen atoms in total. The monoisotopic (exact) mass is 293 g/mol. The lowest BCUT2D eigenvalue weighted by molar-refractivity contribution is 0.101. The first-order valence-electron chi connectivity index (χ1n) is 5.59. The van der Waals surface area contributed by atoms with Crippen LogP contribution in [0.5, 0.6) is 0 Å². The van der Waals surface area contributed by atoms with Gasteiger partial charge in [-0.15, -0.1) is 0 Å². The van der Waals surface area contributed by atoms with Crippen molar-refractivity contribution in [2.45, 2.75) is 0 Å². The zero-order valence-corrected chi connectivity index (χ0v) is 11.3. The number of amidine groups is 1. The van der Waals surface area contributed by atoms with Gasteiger partial charge in [-0.2, -0.15) is 5.10 Å². The van der Waals surface area contributed by atoms with E-state index in [9.17, 15) is 4.79 Å². The molecule has 0 aliphatic heterocycles. The number of benzene rings is 1. The third kappa shape index (κ3) is 2.72. The van der Waals surface area contributed by atoms with Gasteiger partial charge in [0.2, 0.25) is 0 Å². The van der Waals surface area contributed by atoms with Gasteiger partial charge in [-0.05, 0) is 24.3 Å². The van der Waals surface area contributed by atoms with Gasteiger partial charge in [0.25, 0.3) is 5.91 Å². The number of aromatic nitrogens is 2. The first-order chi connectivity index (χ1) is 9.52. The van der Waals surface area contributed by atoms with Gasteiger partial charge in [0.05, 0.1) is 5.69 Å². The van der Waals surface area contributed by atoms with Crippen LogP contribution in [0.1, 0.15) is 16.1 Å². The van der Waals surface area contributed by atoms with E-state index in [0.717, 1.165) is 0 Å². The van der Waals surface area contributed by atoms with E-state index in [0.29, 0.717) is 22.0 Å². The molecule has 1 amide bonds. The molecule has 0 fully saturated rings. The Balaban J connectivity index is 2.36. The Bertz CT molecular complexity index is 680. The Morgan fingerprint density at radius 1 is 1.50 bits per heavy atom. The van der Waals surface area contributed by atoms with E-state index in [2.05, 4.69) is 15.6 Å². The lowest BCUT2D eigenvalue weighted by Gasteiger charge is -2.10. The zero-order valence-electron chi connectivity index (χ0n) is 10.5. The number of nitrogens with zero attached hydrogens (tertiary/aromatic N) is 3. The molecule has 2 aromatic rings. The number of anilines is 1. The van der Waals surface area contributed by atoms with E-state index in [1.54, 1.807) is 25.2 Å². The number of hydrogen-bond donors (Lipinski definition) is 3. The molecule has 0 spiro atoms. The summed E-state index contributed by atoms with van der Waals surface area (Å²) < 4.78 is 1.43. The minimum absolute atomic E-state index is 0.123. The molecule has 0 atom stereocenters. The molecule has 0 aliphatic rings. The molecular weight excluding hydrogens is 282 g/mol. The summed E-state index contributed by atoms with van der Waals surface area (Å²) in [5.74, 6) is -0.499. The fourth-order valence-corrected chi connectivity index (χ4v) is 1.85. The first-order valence-corrected chi connectivity index (χ1v) is 5.97. The minimum Gasteiger partial charge on any atom is -0.409 e. The van der Waals surface area contributed by atoms with Gasteiger partial charge in [0.15, 0.2) is 5.84 Å². The Hall–Kier alpha value is -2.54. The van der Waals surface area contributed by atoms with Crippen molar-refractivity contribution in [3.05, 3.63) is 46.7 Å². The van der Waals surface area contributed by atoms with Crippen molar-refractivity contribution in [2.24, 2.45) is 17.9 Å². The van der Waals surface area contributed by atoms with Crippen molar-refractivity contribution < 1.29 is 10.0 Å². The van der Waals surface area contributed by atoms with Crippen LogP contribution in [0.2, 0.25) is 5.02 Å². The molecule has 0 saturated carbocycles. The number of amides is 1. The number of carbonyl (C=O) groups is 1. The third-order valence-corrected chi connectivity index (χ3v) is 2.90. The summed E-state index contributed by atoms with van der Waals surface area (Å²) in [7, 11) is 1.65. The largest absolute Gasteiger partial charge is 0.409 e. The maximum Gasteiger partial charge on any atom is 0.273 e. The Morgan fingerprint density at radius 2 is 2.25 bits per heavy atom. The predicted molar refractivity (Wildman–Crippen MR) is 75.1 cm³/mol. The highest BCUT2D eigenvalue weighted by Gasteiger charge is 2.14. The van der Waals surface area contributed by atoms with Crippen molar-refractivity contribution in [3.8, 4) is 0 Å². The van der Waals surface area contributed by atoms with E-state index in [1.165, 1.54) is 16.9 Å². The zero-order chi connectivity index (χ0) is 14.7. The number of nitrogens with two attached hydrogens (primary N) is 1. The summed E-state index contributed by atoms with van der Waals surface area (Å²) in [6.45, 7) is 0. The minimum atomic E-state index is -0.376. The Labute approximate surface area is 119 Å². The molecule has 20 heavy (non-hydrogen) atoms. The molecule has 0 radical (unpaired) electrons. The molecular formula is C12H12ClN5O2. The fourth-order valence-electron chi connectivity index (χ4n) is 1.68. The summed E-state index contributed by atoms with van der Waals surface area (Å²) >= 11 is 5.89. The Kier molecular flexibility index (Phi) is 3.90. The number of nitrogens with one attached hydrogen (secondary N) is 1. The maximum atomic E-state index is 12.1. The van der Waals surface area contributed by atoms with E-state index in [1.807, 2.05) is 0 Å². The van der Waals surface area contributed by atoms with Gasteiger partial charge in [0, 0.05) is 23.8 Å². The number of rotatable bonds is 3. The molecule has 0 unspecified atom stereocenters. The van der Waals surface area contributed by atoms with Crippen LogP contribution in [0, 0.1) is 0 Å². The summed E-state index contributed by atoms with van der Waals surface area (Å²) in [6, 6.07) is 6.22. The van der Waals surface area contributed by atoms with E-state index in [-0.39, 0.29) is 11.7 Å². The van der Waals surface area contributed by atoms with Crippen LogP contribution in [0.25, 0.3) is 0 Å². The van der Waals surface area contributed by atoms with Gasteiger partial charge in [-0.1, -0.05) is 16.8 Å². The highest BCUT2D eigenvalue weighted by atomic mass is 35.5. The maximum absolute atomic E-state index is 12.1. The fraction of sp³-hybridized carbons (Fsp3) is 0.0833. The highest BCUT2D eigenvalue weighted by Crippen LogP contribution is 2.21. The van der Waals surface area contributed by atoms with Gasteiger partial charge in [-0.25, -0.2) is 0 Å². The second-order valence-corrected chi connectivity index (χ2v) is 4.41. The number of halogens is 1.